The number of hydrogen-bond donors (Lipinski definition) is 0. The molecule has 0 heterocycles. The van der Waals surface area contributed by atoms with E-state index in [1.807, 2.05) is 20.8 Å². The van der Waals surface area contributed by atoms with Crippen LogP contribution >= 0.6 is 0 Å². The minimum atomic E-state index is -3.65. The van der Waals surface area contributed by atoms with Crippen molar-refractivity contribution < 1.29 is 17.9 Å². The summed E-state index contributed by atoms with van der Waals surface area (Å²) in [6.07, 6.45) is 0. The van der Waals surface area contributed by atoms with Crippen LogP contribution in [0.25, 0.3) is 0 Å². The summed E-state index contributed by atoms with van der Waals surface area (Å²) < 4.78 is 32.6. The summed E-state index contributed by atoms with van der Waals surface area (Å²) in [5, 5.41) is 0. The first-order valence-electron chi connectivity index (χ1n) is 9.41. The van der Waals surface area contributed by atoms with Crippen molar-refractivity contribution in [2.24, 2.45) is 0 Å². The number of nitrogens with zero attached hydrogens (tertiary/aromatic N) is 2. The Hall–Kier alpha value is -2.38. The molecule has 0 aromatic heterocycles. The van der Waals surface area contributed by atoms with Crippen molar-refractivity contribution in [2.45, 2.75) is 32.2 Å². The van der Waals surface area contributed by atoms with Gasteiger partial charge in [0.15, 0.2) is 0 Å². The van der Waals surface area contributed by atoms with Crippen molar-refractivity contribution in [2.75, 3.05) is 26.7 Å². The van der Waals surface area contributed by atoms with Gasteiger partial charge in [0.1, 0.15) is 5.75 Å². The van der Waals surface area contributed by atoms with E-state index < -0.39 is 10.0 Å². The van der Waals surface area contributed by atoms with E-state index in [0.717, 1.165) is 0 Å². The van der Waals surface area contributed by atoms with Crippen molar-refractivity contribution in [3.63, 3.8) is 0 Å². The molecular formula is C21H28N2O4S. The van der Waals surface area contributed by atoms with E-state index in [2.05, 4.69) is 0 Å². The third-order valence-corrected chi connectivity index (χ3v) is 6.32. The second-order valence-corrected chi connectivity index (χ2v) is 8.35. The molecule has 0 bridgehead atoms. The molecule has 0 spiro atoms. The van der Waals surface area contributed by atoms with E-state index in [4.69, 9.17) is 4.74 Å². The SMILES string of the molecule is CCOc1ccc(C(=O)N(CC)CC)cc1CN(C)S(=O)(=O)c1ccccc1. The molecule has 0 N–H and O–H groups in total. The lowest BCUT2D eigenvalue weighted by Crippen LogP contribution is -2.31. The first-order valence-corrected chi connectivity index (χ1v) is 10.9. The van der Waals surface area contributed by atoms with Crippen LogP contribution in [-0.4, -0.2) is 50.3 Å². The fraction of sp³-hybridized carbons (Fsp3) is 0.381. The van der Waals surface area contributed by atoms with Gasteiger partial charge in [0.05, 0.1) is 11.5 Å². The maximum absolute atomic E-state index is 12.8. The van der Waals surface area contributed by atoms with Gasteiger partial charge in [-0.2, -0.15) is 4.31 Å². The molecule has 0 unspecified atom stereocenters. The minimum Gasteiger partial charge on any atom is -0.494 e. The Morgan fingerprint density at radius 1 is 1.00 bits per heavy atom. The predicted molar refractivity (Wildman–Crippen MR) is 110 cm³/mol. The van der Waals surface area contributed by atoms with Crippen molar-refractivity contribution in [1.82, 2.24) is 9.21 Å². The van der Waals surface area contributed by atoms with E-state index in [0.29, 0.717) is 36.6 Å². The molecule has 2 aromatic carbocycles. The lowest BCUT2D eigenvalue weighted by atomic mass is 10.1. The van der Waals surface area contributed by atoms with Crippen molar-refractivity contribution in [1.29, 1.82) is 0 Å². The van der Waals surface area contributed by atoms with Crippen LogP contribution in [0.4, 0.5) is 0 Å². The number of carbonyl (C=O) groups excluding carboxylic acids is 1. The summed E-state index contributed by atoms with van der Waals surface area (Å²) in [7, 11) is -2.12. The third kappa shape index (κ3) is 4.91. The van der Waals surface area contributed by atoms with Crippen LogP contribution in [-0.2, 0) is 16.6 Å². The zero-order valence-corrected chi connectivity index (χ0v) is 17.7. The molecule has 2 aromatic rings. The van der Waals surface area contributed by atoms with E-state index in [-0.39, 0.29) is 17.3 Å². The van der Waals surface area contributed by atoms with E-state index >= 15 is 0 Å². The molecule has 0 aliphatic carbocycles. The van der Waals surface area contributed by atoms with Gasteiger partial charge in [-0.25, -0.2) is 8.42 Å². The third-order valence-electron chi connectivity index (χ3n) is 4.50. The van der Waals surface area contributed by atoms with Crippen molar-refractivity contribution in [3.05, 3.63) is 59.7 Å². The number of amides is 1. The van der Waals surface area contributed by atoms with E-state index in [9.17, 15) is 13.2 Å². The molecule has 28 heavy (non-hydrogen) atoms. The highest BCUT2D eigenvalue weighted by Crippen LogP contribution is 2.25. The lowest BCUT2D eigenvalue weighted by molar-refractivity contribution is 0.0773. The Labute approximate surface area is 167 Å². The van der Waals surface area contributed by atoms with Gasteiger partial charge < -0.3 is 9.64 Å². The molecule has 0 atom stereocenters. The molecule has 6 nitrogen and oxygen atoms in total. The fourth-order valence-corrected chi connectivity index (χ4v) is 4.09. The largest absolute Gasteiger partial charge is 0.494 e. The predicted octanol–water partition coefficient (Wildman–Crippen LogP) is 3.39. The Kier molecular flexibility index (Phi) is 7.60. The molecule has 0 aliphatic rings. The summed E-state index contributed by atoms with van der Waals surface area (Å²) in [4.78, 5) is 14.6. The van der Waals surface area contributed by atoms with Gasteiger partial charge in [-0.1, -0.05) is 18.2 Å². The molecule has 152 valence electrons. The maximum atomic E-state index is 12.8. The second-order valence-electron chi connectivity index (χ2n) is 6.31. The highest BCUT2D eigenvalue weighted by atomic mass is 32.2. The summed E-state index contributed by atoms with van der Waals surface area (Å²) in [5.41, 5.74) is 1.18. The van der Waals surface area contributed by atoms with Gasteiger partial charge in [-0.15, -0.1) is 0 Å². The van der Waals surface area contributed by atoms with Gasteiger partial charge in [0.2, 0.25) is 10.0 Å². The van der Waals surface area contributed by atoms with E-state index in [1.54, 1.807) is 53.4 Å². The molecule has 0 aliphatic heterocycles. The van der Waals surface area contributed by atoms with Gasteiger partial charge in [-0.3, -0.25) is 4.79 Å². The molecule has 7 heteroatoms. The Balaban J connectivity index is 2.37. The van der Waals surface area contributed by atoms with Crippen LogP contribution < -0.4 is 4.74 Å². The van der Waals surface area contributed by atoms with Crippen LogP contribution in [0.15, 0.2) is 53.4 Å². The molecular weight excluding hydrogens is 376 g/mol. The highest BCUT2D eigenvalue weighted by molar-refractivity contribution is 7.89. The van der Waals surface area contributed by atoms with Crippen molar-refractivity contribution >= 4 is 15.9 Å². The lowest BCUT2D eigenvalue weighted by Gasteiger charge is -2.22. The van der Waals surface area contributed by atoms with Gasteiger partial charge in [0.25, 0.3) is 5.91 Å². The van der Waals surface area contributed by atoms with Crippen LogP contribution in [0.2, 0.25) is 0 Å². The topological polar surface area (TPSA) is 66.9 Å². The second kappa shape index (κ2) is 9.71. The highest BCUT2D eigenvalue weighted by Gasteiger charge is 2.23. The number of benzene rings is 2. The quantitative estimate of drug-likeness (QED) is 0.643. The minimum absolute atomic E-state index is 0.0807. The molecule has 2 rings (SSSR count). The zero-order valence-electron chi connectivity index (χ0n) is 16.9. The van der Waals surface area contributed by atoms with Gasteiger partial charge >= 0.3 is 0 Å². The van der Waals surface area contributed by atoms with Crippen LogP contribution in [0, 0.1) is 0 Å². The average Bonchev–Trinajstić information content (AvgIpc) is 2.70. The molecule has 0 saturated heterocycles. The Morgan fingerprint density at radius 2 is 1.64 bits per heavy atom. The molecule has 0 saturated carbocycles. The number of sulfonamides is 1. The molecule has 0 radical (unpaired) electrons. The number of carbonyl (C=O) groups is 1. The summed E-state index contributed by atoms with van der Waals surface area (Å²) in [5.74, 6) is 0.497. The zero-order chi connectivity index (χ0) is 20.7. The van der Waals surface area contributed by atoms with E-state index in [1.165, 1.54) is 11.4 Å². The van der Waals surface area contributed by atoms with Crippen molar-refractivity contribution in [3.8, 4) is 5.75 Å². The Morgan fingerprint density at radius 3 is 2.21 bits per heavy atom. The number of ether oxygens (including phenoxy) is 1. The monoisotopic (exact) mass is 404 g/mol. The standard InChI is InChI=1S/C21H28N2O4S/c1-5-23(6-2)21(24)17-13-14-20(27-7-3)18(15-17)16-22(4)28(25,26)19-11-9-8-10-12-19/h8-15H,5-7,16H2,1-4H3. The van der Waals surface area contributed by atoms with Crippen LogP contribution in [0.3, 0.4) is 0 Å². The maximum Gasteiger partial charge on any atom is 0.253 e. The van der Waals surface area contributed by atoms with Gasteiger partial charge in [-0.05, 0) is 51.1 Å². The normalized spacial score (nSPS) is 11.5. The van der Waals surface area contributed by atoms with Crippen LogP contribution in [0.1, 0.15) is 36.7 Å². The number of hydrogen-bond acceptors (Lipinski definition) is 4. The summed E-state index contributed by atoms with van der Waals surface area (Å²) >= 11 is 0. The summed E-state index contributed by atoms with van der Waals surface area (Å²) in [6.45, 7) is 7.50. The smallest absolute Gasteiger partial charge is 0.253 e. The molecule has 1 amide bonds. The first kappa shape index (κ1) is 21.9. The number of rotatable bonds is 9. The fourth-order valence-electron chi connectivity index (χ4n) is 2.92. The van der Waals surface area contributed by atoms with Crippen LogP contribution in [0.5, 0.6) is 5.75 Å². The Bertz CT molecular complexity index is 894. The first-order chi connectivity index (χ1) is 13.3. The molecule has 0 fully saturated rings. The summed E-state index contributed by atoms with van der Waals surface area (Å²) in [6, 6.07) is 13.5. The van der Waals surface area contributed by atoms with Gasteiger partial charge in [0, 0.05) is 37.8 Å². The average molecular weight is 405 g/mol.